The number of nitrogens with one attached hydrogen (secondary N) is 1. The highest BCUT2D eigenvalue weighted by Gasteiger charge is 2.32. The number of rotatable bonds is 5. The zero-order valence-corrected chi connectivity index (χ0v) is 17.0. The monoisotopic (exact) mass is 449 g/mol. The molecule has 0 aromatic carbocycles. The van der Waals surface area contributed by atoms with Gasteiger partial charge in [0.2, 0.25) is 5.95 Å². The van der Waals surface area contributed by atoms with Crippen molar-refractivity contribution in [3.63, 3.8) is 0 Å². The van der Waals surface area contributed by atoms with Gasteiger partial charge in [0, 0.05) is 18.0 Å². The molecule has 11 heteroatoms. The van der Waals surface area contributed by atoms with Crippen LogP contribution in [0.5, 0.6) is 0 Å². The second kappa shape index (κ2) is 8.50. The van der Waals surface area contributed by atoms with Gasteiger partial charge in [-0.3, -0.25) is 9.36 Å². The molecule has 0 radical (unpaired) electrons. The lowest BCUT2D eigenvalue weighted by Crippen LogP contribution is -2.38. The van der Waals surface area contributed by atoms with Crippen molar-refractivity contribution in [2.45, 2.75) is 25.2 Å². The minimum absolute atomic E-state index is 0.0177. The summed E-state index contributed by atoms with van der Waals surface area (Å²) in [4.78, 5) is 33.1. The standard InChI is InChI=1S/C20H18F3N5O2S/c21-20(22,23)17-5-4-15(31-17)10-28-12-24-18(26-19(28)30)27-8-6-13(7-9-27)16-3-1-2-14(11-29)25-16/h1-6,11-12,16,25H,7-10H2. The van der Waals surface area contributed by atoms with Gasteiger partial charge in [-0.1, -0.05) is 18.2 Å². The van der Waals surface area contributed by atoms with Crippen molar-refractivity contribution in [1.82, 2.24) is 19.9 Å². The highest BCUT2D eigenvalue weighted by molar-refractivity contribution is 7.12. The maximum absolute atomic E-state index is 12.7. The summed E-state index contributed by atoms with van der Waals surface area (Å²) in [6, 6.07) is 2.31. The van der Waals surface area contributed by atoms with Gasteiger partial charge in [-0.15, -0.1) is 11.3 Å². The Morgan fingerprint density at radius 1 is 1.32 bits per heavy atom. The number of dihydropyridines is 1. The van der Waals surface area contributed by atoms with E-state index in [1.807, 2.05) is 23.1 Å². The minimum atomic E-state index is -4.40. The SMILES string of the molecule is O=CC1=CC=CC(C2=CCN(c3ncn(Cc4ccc(C(F)(F)F)s4)c(=O)n3)CC2)N1. The summed E-state index contributed by atoms with van der Waals surface area (Å²) >= 11 is 0.595. The molecule has 0 spiro atoms. The Labute approximate surface area is 179 Å². The highest BCUT2D eigenvalue weighted by Crippen LogP contribution is 2.34. The predicted molar refractivity (Wildman–Crippen MR) is 110 cm³/mol. The van der Waals surface area contributed by atoms with Crippen LogP contribution in [0, 0.1) is 0 Å². The number of hydrogen-bond donors (Lipinski definition) is 1. The zero-order chi connectivity index (χ0) is 22.0. The van der Waals surface area contributed by atoms with Gasteiger partial charge in [0.15, 0.2) is 6.29 Å². The Balaban J connectivity index is 1.42. The third-order valence-electron chi connectivity index (χ3n) is 4.98. The number of nitrogens with zero attached hydrogens (tertiary/aromatic N) is 4. The van der Waals surface area contributed by atoms with Crippen molar-refractivity contribution in [2.24, 2.45) is 0 Å². The number of carbonyl (C=O) groups is 1. The summed E-state index contributed by atoms with van der Waals surface area (Å²) in [7, 11) is 0. The minimum Gasteiger partial charge on any atom is -0.372 e. The summed E-state index contributed by atoms with van der Waals surface area (Å²) in [6.07, 6.45) is 5.92. The first-order chi connectivity index (χ1) is 14.8. The first-order valence-corrected chi connectivity index (χ1v) is 10.3. The van der Waals surface area contributed by atoms with Crippen molar-refractivity contribution < 1.29 is 18.0 Å². The second-order valence-corrected chi connectivity index (χ2v) is 8.22. The molecule has 1 N–H and O–H groups in total. The Hall–Kier alpha value is -3.21. The number of halogens is 3. The molecule has 0 amide bonds. The topological polar surface area (TPSA) is 80.1 Å². The molecule has 4 heterocycles. The van der Waals surface area contributed by atoms with Gasteiger partial charge in [0.05, 0.1) is 18.3 Å². The number of aromatic nitrogens is 3. The van der Waals surface area contributed by atoms with Crippen LogP contribution < -0.4 is 15.9 Å². The lowest BCUT2D eigenvalue weighted by molar-refractivity contribution is -0.134. The lowest BCUT2D eigenvalue weighted by Gasteiger charge is -2.30. The molecule has 4 rings (SSSR count). The summed E-state index contributed by atoms with van der Waals surface area (Å²) in [5.74, 6) is 0.277. The van der Waals surface area contributed by atoms with Crippen LogP contribution in [-0.4, -0.2) is 40.0 Å². The normalized spacial score (nSPS) is 18.9. The zero-order valence-electron chi connectivity index (χ0n) is 16.2. The molecule has 1 atom stereocenters. The Kier molecular flexibility index (Phi) is 5.77. The molecule has 162 valence electrons. The van der Waals surface area contributed by atoms with Gasteiger partial charge in [0.25, 0.3) is 0 Å². The van der Waals surface area contributed by atoms with Crippen LogP contribution in [0.15, 0.2) is 58.8 Å². The van der Waals surface area contributed by atoms with Gasteiger partial charge < -0.3 is 10.2 Å². The molecule has 2 aliphatic heterocycles. The third kappa shape index (κ3) is 4.76. The van der Waals surface area contributed by atoms with Gasteiger partial charge in [-0.2, -0.15) is 18.2 Å². The maximum atomic E-state index is 12.7. The smallest absolute Gasteiger partial charge is 0.372 e. The Morgan fingerprint density at radius 3 is 2.81 bits per heavy atom. The van der Waals surface area contributed by atoms with E-state index in [9.17, 15) is 22.8 Å². The average molecular weight is 449 g/mol. The number of anilines is 1. The first kappa shape index (κ1) is 21.0. The van der Waals surface area contributed by atoms with E-state index in [1.54, 1.807) is 6.08 Å². The van der Waals surface area contributed by atoms with Gasteiger partial charge in [-0.25, -0.2) is 9.78 Å². The van der Waals surface area contributed by atoms with Crippen LogP contribution in [-0.2, 0) is 17.5 Å². The van der Waals surface area contributed by atoms with Crippen molar-refractivity contribution in [3.8, 4) is 0 Å². The molecular weight excluding hydrogens is 431 g/mol. The average Bonchev–Trinajstić information content (AvgIpc) is 3.25. The fourth-order valence-electron chi connectivity index (χ4n) is 3.38. The summed E-state index contributed by atoms with van der Waals surface area (Å²) < 4.78 is 39.4. The summed E-state index contributed by atoms with van der Waals surface area (Å²) in [6.45, 7) is 1.09. The van der Waals surface area contributed by atoms with Crippen LogP contribution in [0.4, 0.5) is 19.1 Å². The van der Waals surface area contributed by atoms with Crippen molar-refractivity contribution in [2.75, 3.05) is 18.0 Å². The van der Waals surface area contributed by atoms with E-state index in [-0.39, 0.29) is 18.5 Å². The fourth-order valence-corrected chi connectivity index (χ4v) is 4.25. The van der Waals surface area contributed by atoms with E-state index in [2.05, 4.69) is 15.3 Å². The molecule has 0 saturated heterocycles. The number of hydrogen-bond acceptors (Lipinski definition) is 7. The van der Waals surface area contributed by atoms with Crippen LogP contribution in [0.25, 0.3) is 0 Å². The first-order valence-electron chi connectivity index (χ1n) is 9.47. The Bertz CT molecular complexity index is 1130. The molecule has 31 heavy (non-hydrogen) atoms. The second-order valence-electron chi connectivity index (χ2n) is 7.05. The molecule has 0 aliphatic carbocycles. The van der Waals surface area contributed by atoms with E-state index < -0.39 is 16.7 Å². The van der Waals surface area contributed by atoms with Gasteiger partial charge in [0.1, 0.15) is 11.2 Å². The molecule has 2 aromatic rings. The summed E-state index contributed by atoms with van der Waals surface area (Å²) in [5, 5.41) is 3.14. The third-order valence-corrected chi connectivity index (χ3v) is 6.09. The number of aldehydes is 1. The number of alkyl halides is 3. The van der Waals surface area contributed by atoms with Crippen LogP contribution >= 0.6 is 11.3 Å². The molecule has 0 bridgehead atoms. The van der Waals surface area contributed by atoms with Gasteiger partial charge >= 0.3 is 11.9 Å². The van der Waals surface area contributed by atoms with E-state index in [4.69, 9.17) is 0 Å². The lowest BCUT2D eigenvalue weighted by atomic mass is 9.98. The van der Waals surface area contributed by atoms with E-state index >= 15 is 0 Å². The largest absolute Gasteiger partial charge is 0.425 e. The number of carbonyl (C=O) groups excluding carboxylic acids is 1. The fraction of sp³-hybridized carbons (Fsp3) is 0.300. The van der Waals surface area contributed by atoms with Crippen LogP contribution in [0.1, 0.15) is 16.2 Å². The van der Waals surface area contributed by atoms with Crippen molar-refractivity contribution in [3.05, 3.63) is 74.3 Å². The van der Waals surface area contributed by atoms with E-state index in [0.717, 1.165) is 17.9 Å². The number of thiophene rings is 1. The van der Waals surface area contributed by atoms with Crippen molar-refractivity contribution in [1.29, 1.82) is 0 Å². The molecular formula is C20H18F3N5O2S. The molecule has 1 unspecified atom stereocenters. The molecule has 2 aliphatic rings. The highest BCUT2D eigenvalue weighted by atomic mass is 32.1. The van der Waals surface area contributed by atoms with Gasteiger partial charge in [-0.05, 0) is 30.2 Å². The number of allylic oxidation sites excluding steroid dienone is 3. The van der Waals surface area contributed by atoms with Crippen LogP contribution in [0.3, 0.4) is 0 Å². The van der Waals surface area contributed by atoms with E-state index in [1.165, 1.54) is 17.0 Å². The Morgan fingerprint density at radius 2 is 2.16 bits per heavy atom. The van der Waals surface area contributed by atoms with Crippen LogP contribution in [0.2, 0.25) is 0 Å². The summed E-state index contributed by atoms with van der Waals surface area (Å²) in [5.41, 5.74) is 1.08. The molecule has 2 aromatic heterocycles. The van der Waals surface area contributed by atoms with Crippen molar-refractivity contribution >= 4 is 23.6 Å². The molecule has 0 saturated carbocycles. The molecule has 7 nitrogen and oxygen atoms in total. The predicted octanol–water partition coefficient (Wildman–Crippen LogP) is 2.51. The maximum Gasteiger partial charge on any atom is 0.425 e. The molecule has 0 fully saturated rings. The van der Waals surface area contributed by atoms with E-state index in [0.29, 0.717) is 41.4 Å². The quantitative estimate of drug-likeness (QED) is 0.558.